The second-order valence-electron chi connectivity index (χ2n) is 3.52. The standard InChI is InChI=1S/2C5H11NO2.H2N2/c2*1-3-4(2)6-5(7)8;1-2/h2*4,6H,3H2,1-2H3,(H,7,8);1-2H. The zero-order chi connectivity index (χ0) is 15.1. The molecule has 0 aliphatic heterocycles. The van der Waals surface area contributed by atoms with Crippen LogP contribution in [-0.4, -0.2) is 34.5 Å². The first-order valence-corrected chi connectivity index (χ1v) is 5.57. The Bertz CT molecular complexity index is 204. The van der Waals surface area contributed by atoms with E-state index in [1.807, 2.05) is 27.7 Å². The van der Waals surface area contributed by atoms with Gasteiger partial charge in [0.05, 0.1) is 0 Å². The van der Waals surface area contributed by atoms with Crippen molar-refractivity contribution in [2.45, 2.75) is 52.6 Å². The molecule has 0 aliphatic carbocycles. The monoisotopic (exact) mass is 264 g/mol. The summed E-state index contributed by atoms with van der Waals surface area (Å²) in [6.45, 7) is 7.52. The fourth-order valence-electron chi connectivity index (χ4n) is 0.626. The maximum atomic E-state index is 9.86. The average molecular weight is 264 g/mol. The minimum absolute atomic E-state index is 0.0764. The number of carboxylic acid groups (broad SMARTS) is 2. The largest absolute Gasteiger partial charge is 0.465 e. The third kappa shape index (κ3) is 23.7. The Hall–Kier alpha value is -1.86. The van der Waals surface area contributed by atoms with E-state index in [1.165, 1.54) is 0 Å². The molecular weight excluding hydrogens is 240 g/mol. The van der Waals surface area contributed by atoms with Crippen molar-refractivity contribution in [1.82, 2.24) is 10.6 Å². The molecule has 0 spiro atoms. The van der Waals surface area contributed by atoms with Gasteiger partial charge in [0, 0.05) is 12.1 Å². The molecule has 0 aliphatic rings. The van der Waals surface area contributed by atoms with Crippen LogP contribution in [0, 0.1) is 11.1 Å². The lowest BCUT2D eigenvalue weighted by molar-refractivity contribution is 0.189. The van der Waals surface area contributed by atoms with Gasteiger partial charge in [-0.2, -0.15) is 0 Å². The van der Waals surface area contributed by atoms with Crippen molar-refractivity contribution < 1.29 is 19.8 Å². The molecule has 0 saturated heterocycles. The summed E-state index contributed by atoms with van der Waals surface area (Å²) in [7, 11) is 0. The van der Waals surface area contributed by atoms with Crippen LogP contribution in [0.3, 0.4) is 0 Å². The topological polar surface area (TPSA) is 146 Å². The first-order chi connectivity index (χ1) is 8.33. The SMILES string of the molecule is CCC(C)NC(=O)O.CCC(C)NC(=O)O.N=N. The maximum absolute atomic E-state index is 9.86. The fourth-order valence-corrected chi connectivity index (χ4v) is 0.626. The summed E-state index contributed by atoms with van der Waals surface area (Å²) in [6, 6.07) is 0.153. The van der Waals surface area contributed by atoms with E-state index in [0.717, 1.165) is 12.8 Å². The molecule has 2 unspecified atom stereocenters. The second-order valence-corrected chi connectivity index (χ2v) is 3.52. The van der Waals surface area contributed by atoms with Crippen molar-refractivity contribution in [2.75, 3.05) is 0 Å². The van der Waals surface area contributed by atoms with Crippen molar-refractivity contribution in [1.29, 1.82) is 11.1 Å². The van der Waals surface area contributed by atoms with Gasteiger partial charge in [0.1, 0.15) is 0 Å². The Balaban J connectivity index is -0.000000219. The summed E-state index contributed by atoms with van der Waals surface area (Å²) in [5.41, 5.74) is 10.0. The Labute approximate surface area is 107 Å². The zero-order valence-corrected chi connectivity index (χ0v) is 11.3. The lowest BCUT2D eigenvalue weighted by Crippen LogP contribution is -2.30. The minimum Gasteiger partial charge on any atom is -0.465 e. The number of hydrogen-bond acceptors (Lipinski definition) is 4. The van der Waals surface area contributed by atoms with Gasteiger partial charge in [-0.1, -0.05) is 13.8 Å². The van der Waals surface area contributed by atoms with Crippen LogP contribution in [0.15, 0.2) is 0 Å². The Morgan fingerprint density at radius 2 is 1.17 bits per heavy atom. The van der Waals surface area contributed by atoms with E-state index in [4.69, 9.17) is 21.3 Å². The number of hydrogen-bond donors (Lipinski definition) is 6. The van der Waals surface area contributed by atoms with Crippen LogP contribution >= 0.6 is 0 Å². The van der Waals surface area contributed by atoms with Crippen LogP contribution in [-0.2, 0) is 0 Å². The van der Waals surface area contributed by atoms with Gasteiger partial charge in [-0.25, -0.2) is 20.7 Å². The van der Waals surface area contributed by atoms with Crippen molar-refractivity contribution in [2.24, 2.45) is 0 Å². The van der Waals surface area contributed by atoms with Crippen molar-refractivity contribution in [3.05, 3.63) is 0 Å². The molecule has 8 nitrogen and oxygen atoms in total. The van der Waals surface area contributed by atoms with Gasteiger partial charge in [-0.15, -0.1) is 0 Å². The van der Waals surface area contributed by atoms with E-state index in [0.29, 0.717) is 0 Å². The van der Waals surface area contributed by atoms with Crippen molar-refractivity contribution in [3.8, 4) is 0 Å². The van der Waals surface area contributed by atoms with Gasteiger partial charge < -0.3 is 20.8 Å². The molecule has 2 amide bonds. The number of amides is 2. The number of carbonyl (C=O) groups is 2. The van der Waals surface area contributed by atoms with E-state index in [-0.39, 0.29) is 12.1 Å². The van der Waals surface area contributed by atoms with Gasteiger partial charge in [-0.3, -0.25) is 0 Å². The molecular formula is C10H24N4O4. The van der Waals surface area contributed by atoms with Gasteiger partial charge in [0.2, 0.25) is 0 Å². The summed E-state index contributed by atoms with van der Waals surface area (Å²) < 4.78 is 0. The molecule has 0 aromatic rings. The molecule has 0 radical (unpaired) electrons. The first-order valence-electron chi connectivity index (χ1n) is 5.57. The number of rotatable bonds is 4. The van der Waals surface area contributed by atoms with Crippen LogP contribution in [0.5, 0.6) is 0 Å². The molecule has 8 heteroatoms. The first kappa shape index (κ1) is 21.4. The lowest BCUT2D eigenvalue weighted by Gasteiger charge is -2.05. The molecule has 0 bridgehead atoms. The molecule has 0 saturated carbocycles. The molecule has 108 valence electrons. The highest BCUT2D eigenvalue weighted by molar-refractivity contribution is 5.64. The van der Waals surface area contributed by atoms with Crippen LogP contribution in [0.2, 0.25) is 0 Å². The Morgan fingerprint density at radius 1 is 0.944 bits per heavy atom. The van der Waals surface area contributed by atoms with Crippen molar-refractivity contribution in [3.63, 3.8) is 0 Å². The normalized spacial score (nSPS) is 11.6. The van der Waals surface area contributed by atoms with Gasteiger partial charge in [0.15, 0.2) is 0 Å². The van der Waals surface area contributed by atoms with Crippen LogP contribution in [0.4, 0.5) is 9.59 Å². The minimum atomic E-state index is -0.945. The summed E-state index contributed by atoms with van der Waals surface area (Å²) in [5, 5.41) is 20.8. The zero-order valence-electron chi connectivity index (χ0n) is 11.3. The third-order valence-corrected chi connectivity index (χ3v) is 1.96. The quantitative estimate of drug-likeness (QED) is 0.433. The van der Waals surface area contributed by atoms with Crippen LogP contribution < -0.4 is 10.6 Å². The second kappa shape index (κ2) is 15.1. The highest BCUT2D eigenvalue weighted by atomic mass is 16.4. The predicted octanol–water partition coefficient (Wildman–Crippen LogP) is 2.70. The van der Waals surface area contributed by atoms with E-state index in [9.17, 15) is 9.59 Å². The van der Waals surface area contributed by atoms with E-state index in [1.54, 1.807) is 0 Å². The Kier molecular flexibility index (Phi) is 18.0. The van der Waals surface area contributed by atoms with Crippen LogP contribution in [0.25, 0.3) is 0 Å². The van der Waals surface area contributed by atoms with E-state index < -0.39 is 12.2 Å². The third-order valence-electron chi connectivity index (χ3n) is 1.96. The smallest absolute Gasteiger partial charge is 0.404 e. The maximum Gasteiger partial charge on any atom is 0.404 e. The van der Waals surface area contributed by atoms with E-state index in [2.05, 4.69) is 10.6 Å². The molecule has 0 rings (SSSR count). The van der Waals surface area contributed by atoms with Crippen LogP contribution in [0.1, 0.15) is 40.5 Å². The van der Waals surface area contributed by atoms with Gasteiger partial charge in [-0.05, 0) is 26.7 Å². The van der Waals surface area contributed by atoms with Gasteiger partial charge in [0.25, 0.3) is 0 Å². The summed E-state index contributed by atoms with van der Waals surface area (Å²) >= 11 is 0. The lowest BCUT2D eigenvalue weighted by atomic mass is 10.3. The molecule has 0 aromatic heterocycles. The fraction of sp³-hybridized carbons (Fsp3) is 0.800. The van der Waals surface area contributed by atoms with E-state index >= 15 is 0 Å². The molecule has 0 aromatic carbocycles. The van der Waals surface area contributed by atoms with Gasteiger partial charge >= 0.3 is 12.2 Å². The highest BCUT2D eigenvalue weighted by Gasteiger charge is 1.99. The summed E-state index contributed by atoms with van der Waals surface area (Å²) in [6.07, 6.45) is -0.211. The molecule has 6 N–H and O–H groups in total. The highest BCUT2D eigenvalue weighted by Crippen LogP contribution is 1.85. The summed E-state index contributed by atoms with van der Waals surface area (Å²) in [5.74, 6) is 0. The Morgan fingerprint density at radius 3 is 1.22 bits per heavy atom. The molecule has 2 atom stereocenters. The predicted molar refractivity (Wildman–Crippen MR) is 67.3 cm³/mol. The average Bonchev–Trinajstić information content (AvgIpc) is 2.30. The molecule has 18 heavy (non-hydrogen) atoms. The molecule has 0 heterocycles. The number of nitrogens with one attached hydrogen (secondary N) is 4. The van der Waals surface area contributed by atoms with Crippen molar-refractivity contribution >= 4 is 12.2 Å². The molecule has 0 fully saturated rings. The summed E-state index contributed by atoms with van der Waals surface area (Å²) in [4.78, 5) is 19.7.